The van der Waals surface area contributed by atoms with Crippen molar-refractivity contribution in [2.45, 2.75) is 5.41 Å². The van der Waals surface area contributed by atoms with Crippen molar-refractivity contribution in [3.63, 3.8) is 0 Å². The van der Waals surface area contributed by atoms with Crippen molar-refractivity contribution >= 4 is 63.8 Å². The first-order chi connectivity index (χ1) is 26.8. The van der Waals surface area contributed by atoms with Crippen LogP contribution < -0.4 is 0 Å². The molecule has 0 fully saturated rings. The van der Waals surface area contributed by atoms with Gasteiger partial charge >= 0.3 is 0 Å². The fourth-order valence-corrected chi connectivity index (χ4v) is 11.1. The summed E-state index contributed by atoms with van der Waals surface area (Å²) < 4.78 is 2.69. The number of hydrogen-bond donors (Lipinski definition) is 0. The van der Waals surface area contributed by atoms with Crippen LogP contribution in [0.2, 0.25) is 0 Å². The van der Waals surface area contributed by atoms with Gasteiger partial charge < -0.3 is 0 Å². The number of thiophene rings is 1. The van der Waals surface area contributed by atoms with Crippen LogP contribution in [-0.4, -0.2) is 0 Å². The summed E-state index contributed by atoms with van der Waals surface area (Å²) >= 11 is 1.94. The highest BCUT2D eigenvalue weighted by atomic mass is 32.1. The Morgan fingerprint density at radius 3 is 1.56 bits per heavy atom. The van der Waals surface area contributed by atoms with E-state index in [-0.39, 0.29) is 0 Å². The average Bonchev–Trinajstić information content (AvgIpc) is 3.77. The first kappa shape index (κ1) is 30.0. The van der Waals surface area contributed by atoms with E-state index in [2.05, 4.69) is 194 Å². The van der Waals surface area contributed by atoms with Gasteiger partial charge in [-0.15, -0.1) is 11.3 Å². The maximum Gasteiger partial charge on any atom is 0.0727 e. The van der Waals surface area contributed by atoms with E-state index in [1.165, 1.54) is 108 Å². The molecule has 54 heavy (non-hydrogen) atoms. The normalized spacial score (nSPS) is 13.3. The SMILES string of the molecule is c1ccc(-c2ccc3ccc4c(-c5ccc6sc7c8c(ccc7c6c5)-c5ccccc5C8(c5ccccc5)c5ccccc5)ccc5ccc2c3c54)cc1. The fraction of sp³-hybridized carbons (Fsp3) is 0.0189. The molecule has 11 aromatic rings. The van der Waals surface area contributed by atoms with Gasteiger partial charge in [-0.2, -0.15) is 0 Å². The predicted molar refractivity (Wildman–Crippen MR) is 231 cm³/mol. The second-order valence-electron chi connectivity index (χ2n) is 14.7. The van der Waals surface area contributed by atoms with Crippen LogP contribution in [0.25, 0.3) is 85.9 Å². The minimum absolute atomic E-state index is 0.428. The molecule has 0 atom stereocenters. The zero-order valence-electron chi connectivity index (χ0n) is 29.4. The van der Waals surface area contributed by atoms with Crippen molar-refractivity contribution in [3.8, 4) is 33.4 Å². The summed E-state index contributed by atoms with van der Waals surface area (Å²) in [7, 11) is 0. The average molecular weight is 701 g/mol. The molecule has 0 amide bonds. The van der Waals surface area contributed by atoms with Crippen LogP contribution in [0.1, 0.15) is 22.3 Å². The molecule has 0 N–H and O–H groups in total. The Kier molecular flexibility index (Phi) is 6.23. The Hall–Kier alpha value is -6.54. The Balaban J connectivity index is 1.11. The maximum atomic E-state index is 2.46. The molecule has 250 valence electrons. The summed E-state index contributed by atoms with van der Waals surface area (Å²) in [6.07, 6.45) is 0. The van der Waals surface area contributed by atoms with Gasteiger partial charge in [0.05, 0.1) is 5.41 Å². The lowest BCUT2D eigenvalue weighted by Gasteiger charge is -2.34. The van der Waals surface area contributed by atoms with E-state index in [0.29, 0.717) is 0 Å². The molecule has 1 heteroatoms. The lowest BCUT2D eigenvalue weighted by atomic mass is 9.67. The molecular formula is C53H32S. The minimum Gasteiger partial charge on any atom is -0.135 e. The Labute approximate surface area is 317 Å². The van der Waals surface area contributed by atoms with Gasteiger partial charge in [0.1, 0.15) is 0 Å². The summed E-state index contributed by atoms with van der Waals surface area (Å²) in [5.74, 6) is 0. The molecule has 0 saturated heterocycles. The molecule has 0 bridgehead atoms. The van der Waals surface area contributed by atoms with Crippen molar-refractivity contribution in [2.24, 2.45) is 0 Å². The first-order valence-corrected chi connectivity index (χ1v) is 19.6. The van der Waals surface area contributed by atoms with E-state index in [9.17, 15) is 0 Å². The molecule has 1 aromatic heterocycles. The largest absolute Gasteiger partial charge is 0.135 e. The summed E-state index contributed by atoms with van der Waals surface area (Å²) in [6.45, 7) is 0. The van der Waals surface area contributed by atoms with Gasteiger partial charge in [0.2, 0.25) is 0 Å². The van der Waals surface area contributed by atoms with E-state index in [4.69, 9.17) is 0 Å². The molecule has 12 rings (SSSR count). The zero-order chi connectivity index (χ0) is 35.4. The van der Waals surface area contributed by atoms with Crippen molar-refractivity contribution in [1.82, 2.24) is 0 Å². The third-order valence-electron chi connectivity index (χ3n) is 12.1. The predicted octanol–water partition coefficient (Wildman–Crippen LogP) is 14.6. The molecule has 0 spiro atoms. The molecule has 1 aliphatic rings. The van der Waals surface area contributed by atoms with E-state index >= 15 is 0 Å². The van der Waals surface area contributed by atoms with Crippen LogP contribution in [0, 0.1) is 0 Å². The molecule has 1 heterocycles. The molecule has 0 nitrogen and oxygen atoms in total. The third kappa shape index (κ3) is 3.97. The summed E-state index contributed by atoms with van der Waals surface area (Å²) in [4.78, 5) is 0. The van der Waals surface area contributed by atoms with Gasteiger partial charge in [0, 0.05) is 20.2 Å². The van der Waals surface area contributed by atoms with Crippen LogP contribution in [0.3, 0.4) is 0 Å². The minimum atomic E-state index is -0.428. The van der Waals surface area contributed by atoms with Gasteiger partial charge in [0.25, 0.3) is 0 Å². The van der Waals surface area contributed by atoms with Crippen molar-refractivity contribution in [2.75, 3.05) is 0 Å². The monoisotopic (exact) mass is 700 g/mol. The topological polar surface area (TPSA) is 0 Å². The quantitative estimate of drug-likeness (QED) is 0.160. The highest BCUT2D eigenvalue weighted by Crippen LogP contribution is 2.59. The van der Waals surface area contributed by atoms with Gasteiger partial charge in [-0.1, -0.05) is 182 Å². The van der Waals surface area contributed by atoms with Crippen LogP contribution in [0.5, 0.6) is 0 Å². The van der Waals surface area contributed by atoms with E-state index in [1.54, 1.807) is 0 Å². The van der Waals surface area contributed by atoms with Gasteiger partial charge in [-0.25, -0.2) is 0 Å². The summed E-state index contributed by atoms with van der Waals surface area (Å²) in [5, 5.41) is 10.5. The standard InChI is InChI=1S/C53H32S/c1-4-12-33(13-5-1)39-25-20-34-23-28-43-40(26-21-35-22-27-42(39)49(34)50(35)43)36-24-31-48-46(32-36)45-30-29-44-41-18-10-11-19-47(41)53(51(44)52(45)54-48,37-14-6-2-7-15-37)38-16-8-3-9-17-38/h1-32H. The van der Waals surface area contributed by atoms with Crippen molar-refractivity contribution in [1.29, 1.82) is 0 Å². The number of hydrogen-bond acceptors (Lipinski definition) is 1. The van der Waals surface area contributed by atoms with Gasteiger partial charge in [0.15, 0.2) is 0 Å². The Morgan fingerprint density at radius 1 is 0.352 bits per heavy atom. The smallest absolute Gasteiger partial charge is 0.0727 e. The highest BCUT2D eigenvalue weighted by molar-refractivity contribution is 7.26. The molecule has 1 aliphatic carbocycles. The van der Waals surface area contributed by atoms with Crippen LogP contribution in [0.15, 0.2) is 194 Å². The summed E-state index contributed by atoms with van der Waals surface area (Å²) in [6, 6.07) is 72.6. The fourth-order valence-electron chi connectivity index (χ4n) is 9.85. The molecule has 0 saturated carbocycles. The Morgan fingerprint density at radius 2 is 0.889 bits per heavy atom. The van der Waals surface area contributed by atoms with Crippen molar-refractivity contribution in [3.05, 3.63) is 216 Å². The second kappa shape index (κ2) is 11.2. The van der Waals surface area contributed by atoms with Crippen LogP contribution in [0.4, 0.5) is 0 Å². The summed E-state index contributed by atoms with van der Waals surface area (Å²) in [5.41, 5.74) is 12.7. The molecule has 0 radical (unpaired) electrons. The Bertz CT molecular complexity index is 3200. The molecule has 0 unspecified atom stereocenters. The molecule has 0 aliphatic heterocycles. The lowest BCUT2D eigenvalue weighted by Crippen LogP contribution is -2.28. The van der Waals surface area contributed by atoms with Crippen LogP contribution in [-0.2, 0) is 5.41 Å². The molecule has 10 aromatic carbocycles. The van der Waals surface area contributed by atoms with E-state index in [0.717, 1.165) is 0 Å². The van der Waals surface area contributed by atoms with Crippen molar-refractivity contribution < 1.29 is 0 Å². The van der Waals surface area contributed by atoms with E-state index in [1.807, 2.05) is 11.3 Å². The number of rotatable bonds is 4. The van der Waals surface area contributed by atoms with E-state index < -0.39 is 5.41 Å². The highest BCUT2D eigenvalue weighted by Gasteiger charge is 2.47. The first-order valence-electron chi connectivity index (χ1n) is 18.8. The number of fused-ring (bicyclic) bond motifs is 7. The van der Waals surface area contributed by atoms with Gasteiger partial charge in [-0.3, -0.25) is 0 Å². The number of benzene rings is 10. The molecular weight excluding hydrogens is 669 g/mol. The maximum absolute atomic E-state index is 2.46. The third-order valence-corrected chi connectivity index (χ3v) is 13.3. The van der Waals surface area contributed by atoms with Crippen LogP contribution >= 0.6 is 11.3 Å². The second-order valence-corrected chi connectivity index (χ2v) is 15.8. The zero-order valence-corrected chi connectivity index (χ0v) is 30.2. The van der Waals surface area contributed by atoms with Gasteiger partial charge in [-0.05, 0) is 100 Å². The lowest BCUT2D eigenvalue weighted by molar-refractivity contribution is 0.776.